The summed E-state index contributed by atoms with van der Waals surface area (Å²) in [5.41, 5.74) is 0. The molecule has 1 fully saturated rings. The van der Waals surface area contributed by atoms with Crippen LogP contribution in [0, 0.1) is 5.92 Å². The standard InChI is InChI=1S/C8H16O2/c1-6-3-4-10-8(5-6)7(2)9/h6-9H,3-5H2,1-2H3. The highest BCUT2D eigenvalue weighted by molar-refractivity contribution is 4.72. The highest BCUT2D eigenvalue weighted by Gasteiger charge is 2.22. The molecular weight excluding hydrogens is 128 g/mol. The average Bonchev–Trinajstić information content (AvgIpc) is 1.88. The molecule has 3 atom stereocenters. The van der Waals surface area contributed by atoms with Crippen molar-refractivity contribution in [3.8, 4) is 0 Å². The van der Waals surface area contributed by atoms with Crippen molar-refractivity contribution in [2.45, 2.75) is 38.9 Å². The normalized spacial score (nSPS) is 37.5. The fourth-order valence-electron chi connectivity index (χ4n) is 1.34. The summed E-state index contributed by atoms with van der Waals surface area (Å²) >= 11 is 0. The number of ether oxygens (including phenoxy) is 1. The smallest absolute Gasteiger partial charge is 0.0833 e. The van der Waals surface area contributed by atoms with E-state index in [2.05, 4.69) is 6.92 Å². The first-order valence-electron chi connectivity index (χ1n) is 4.00. The van der Waals surface area contributed by atoms with Crippen molar-refractivity contribution >= 4 is 0 Å². The molecule has 1 N–H and O–H groups in total. The highest BCUT2D eigenvalue weighted by atomic mass is 16.5. The van der Waals surface area contributed by atoms with E-state index in [1.807, 2.05) is 0 Å². The van der Waals surface area contributed by atoms with E-state index in [-0.39, 0.29) is 12.2 Å². The molecule has 60 valence electrons. The van der Waals surface area contributed by atoms with E-state index in [1.165, 1.54) is 0 Å². The summed E-state index contributed by atoms with van der Waals surface area (Å²) < 4.78 is 5.36. The first kappa shape index (κ1) is 8.02. The molecular formula is C8H16O2. The quantitative estimate of drug-likeness (QED) is 0.599. The Bertz CT molecular complexity index is 101. The van der Waals surface area contributed by atoms with E-state index in [0.29, 0.717) is 5.92 Å². The van der Waals surface area contributed by atoms with Crippen molar-refractivity contribution in [3.63, 3.8) is 0 Å². The van der Waals surface area contributed by atoms with E-state index in [9.17, 15) is 0 Å². The maximum Gasteiger partial charge on any atom is 0.0833 e. The lowest BCUT2D eigenvalue weighted by Crippen LogP contribution is -2.32. The van der Waals surface area contributed by atoms with Gasteiger partial charge in [0.1, 0.15) is 0 Å². The van der Waals surface area contributed by atoms with Crippen molar-refractivity contribution in [1.29, 1.82) is 0 Å². The van der Waals surface area contributed by atoms with E-state index in [0.717, 1.165) is 19.4 Å². The van der Waals surface area contributed by atoms with Crippen LogP contribution >= 0.6 is 0 Å². The van der Waals surface area contributed by atoms with Gasteiger partial charge >= 0.3 is 0 Å². The fraction of sp³-hybridized carbons (Fsp3) is 1.00. The van der Waals surface area contributed by atoms with E-state index < -0.39 is 0 Å². The molecule has 0 saturated carbocycles. The Labute approximate surface area is 62.2 Å². The van der Waals surface area contributed by atoms with E-state index in [1.54, 1.807) is 6.92 Å². The third-order valence-corrected chi connectivity index (χ3v) is 2.12. The van der Waals surface area contributed by atoms with Gasteiger partial charge in [-0.15, -0.1) is 0 Å². The zero-order chi connectivity index (χ0) is 7.56. The van der Waals surface area contributed by atoms with Gasteiger partial charge in [0.15, 0.2) is 0 Å². The van der Waals surface area contributed by atoms with Crippen LogP contribution < -0.4 is 0 Å². The van der Waals surface area contributed by atoms with Crippen molar-refractivity contribution in [3.05, 3.63) is 0 Å². The Balaban J connectivity index is 2.32. The second-order valence-corrected chi connectivity index (χ2v) is 3.28. The lowest BCUT2D eigenvalue weighted by molar-refractivity contribution is -0.0687. The molecule has 1 aliphatic heterocycles. The second-order valence-electron chi connectivity index (χ2n) is 3.28. The predicted molar refractivity (Wildman–Crippen MR) is 39.8 cm³/mol. The van der Waals surface area contributed by atoms with E-state index in [4.69, 9.17) is 9.84 Å². The third kappa shape index (κ3) is 1.96. The molecule has 2 nitrogen and oxygen atoms in total. The van der Waals surface area contributed by atoms with Crippen molar-refractivity contribution in [2.24, 2.45) is 5.92 Å². The van der Waals surface area contributed by atoms with Gasteiger partial charge < -0.3 is 9.84 Å². The molecule has 0 amide bonds. The minimum absolute atomic E-state index is 0.0868. The Hall–Kier alpha value is -0.0800. The Morgan fingerprint density at radius 3 is 2.70 bits per heavy atom. The summed E-state index contributed by atoms with van der Waals surface area (Å²) in [5.74, 6) is 0.716. The first-order chi connectivity index (χ1) is 4.70. The highest BCUT2D eigenvalue weighted by Crippen LogP contribution is 2.21. The summed E-state index contributed by atoms with van der Waals surface area (Å²) in [5, 5.41) is 9.17. The van der Waals surface area contributed by atoms with Gasteiger partial charge in [0, 0.05) is 6.61 Å². The summed E-state index contributed by atoms with van der Waals surface area (Å²) in [6.07, 6.45) is 1.94. The minimum Gasteiger partial charge on any atom is -0.391 e. The zero-order valence-electron chi connectivity index (χ0n) is 6.71. The van der Waals surface area contributed by atoms with Crippen LogP contribution in [0.2, 0.25) is 0 Å². The van der Waals surface area contributed by atoms with Crippen molar-refractivity contribution in [1.82, 2.24) is 0 Å². The second kappa shape index (κ2) is 3.35. The van der Waals surface area contributed by atoms with Gasteiger partial charge in [-0.05, 0) is 25.7 Å². The number of aliphatic hydroxyl groups excluding tert-OH is 1. The van der Waals surface area contributed by atoms with Gasteiger partial charge in [-0.3, -0.25) is 0 Å². The van der Waals surface area contributed by atoms with Crippen LogP contribution in [-0.4, -0.2) is 23.9 Å². The van der Waals surface area contributed by atoms with Gasteiger partial charge in [-0.25, -0.2) is 0 Å². The number of rotatable bonds is 1. The molecule has 1 aliphatic rings. The molecule has 0 aromatic rings. The Morgan fingerprint density at radius 2 is 2.30 bits per heavy atom. The van der Waals surface area contributed by atoms with Gasteiger partial charge in [-0.1, -0.05) is 6.92 Å². The monoisotopic (exact) mass is 144 g/mol. The third-order valence-electron chi connectivity index (χ3n) is 2.12. The predicted octanol–water partition coefficient (Wildman–Crippen LogP) is 1.18. The van der Waals surface area contributed by atoms with Crippen LogP contribution in [-0.2, 0) is 4.74 Å². The Morgan fingerprint density at radius 1 is 1.60 bits per heavy atom. The molecule has 0 aromatic heterocycles. The number of aliphatic hydroxyl groups is 1. The molecule has 0 radical (unpaired) electrons. The minimum atomic E-state index is -0.303. The van der Waals surface area contributed by atoms with Crippen LogP contribution in [0.25, 0.3) is 0 Å². The molecule has 3 unspecified atom stereocenters. The fourth-order valence-corrected chi connectivity index (χ4v) is 1.34. The topological polar surface area (TPSA) is 29.5 Å². The number of hydrogen-bond acceptors (Lipinski definition) is 2. The summed E-state index contributed by atoms with van der Waals surface area (Å²) in [6.45, 7) is 4.82. The van der Waals surface area contributed by atoms with Crippen LogP contribution in [0.15, 0.2) is 0 Å². The maximum absolute atomic E-state index is 9.17. The molecule has 1 heterocycles. The van der Waals surface area contributed by atoms with Gasteiger partial charge in [0.2, 0.25) is 0 Å². The van der Waals surface area contributed by atoms with Crippen molar-refractivity contribution < 1.29 is 9.84 Å². The largest absolute Gasteiger partial charge is 0.391 e. The maximum atomic E-state index is 9.17. The van der Waals surface area contributed by atoms with Crippen LogP contribution in [0.3, 0.4) is 0 Å². The van der Waals surface area contributed by atoms with Crippen LogP contribution in [0.4, 0.5) is 0 Å². The van der Waals surface area contributed by atoms with Gasteiger partial charge in [0.05, 0.1) is 12.2 Å². The molecule has 2 heteroatoms. The summed E-state index contributed by atoms with van der Waals surface area (Å²) in [6, 6.07) is 0. The lowest BCUT2D eigenvalue weighted by atomic mass is 9.95. The molecule has 1 rings (SSSR count). The average molecular weight is 144 g/mol. The molecule has 0 bridgehead atoms. The zero-order valence-corrected chi connectivity index (χ0v) is 6.71. The van der Waals surface area contributed by atoms with E-state index >= 15 is 0 Å². The lowest BCUT2D eigenvalue weighted by Gasteiger charge is -2.28. The van der Waals surface area contributed by atoms with Gasteiger partial charge in [0.25, 0.3) is 0 Å². The molecule has 0 aliphatic carbocycles. The molecule has 0 aromatic carbocycles. The summed E-state index contributed by atoms with van der Waals surface area (Å²) in [7, 11) is 0. The summed E-state index contributed by atoms with van der Waals surface area (Å²) in [4.78, 5) is 0. The Kier molecular flexibility index (Phi) is 2.69. The van der Waals surface area contributed by atoms with Crippen LogP contribution in [0.5, 0.6) is 0 Å². The van der Waals surface area contributed by atoms with Crippen LogP contribution in [0.1, 0.15) is 26.7 Å². The van der Waals surface area contributed by atoms with Crippen molar-refractivity contribution in [2.75, 3.05) is 6.61 Å². The molecule has 1 saturated heterocycles. The van der Waals surface area contributed by atoms with Gasteiger partial charge in [-0.2, -0.15) is 0 Å². The molecule has 10 heavy (non-hydrogen) atoms. The first-order valence-corrected chi connectivity index (χ1v) is 4.00. The SMILES string of the molecule is CC1CCOC(C(C)O)C1. The molecule has 0 spiro atoms. The number of hydrogen-bond donors (Lipinski definition) is 1.